The summed E-state index contributed by atoms with van der Waals surface area (Å²) < 4.78 is 0. The maximum absolute atomic E-state index is 3.95. The van der Waals surface area contributed by atoms with E-state index in [1.165, 1.54) is 31.3 Å². The fraction of sp³-hybridized carbons (Fsp3) is 0.889. The predicted molar refractivity (Wildman–Crippen MR) is 54.6 cm³/mol. The van der Waals surface area contributed by atoms with Crippen molar-refractivity contribution in [2.45, 2.75) is 46.0 Å². The quantitative estimate of drug-likeness (QED) is 0.432. The summed E-state index contributed by atoms with van der Waals surface area (Å²) in [5.41, 5.74) is 1.21. The molecule has 0 aromatic carbocycles. The standard InChI is InChI=1S/C9H20BN/c1-3-5-7-9(10)11-8-6-4-2/h10-11H,3-8H2,1-2H3. The molecular formula is C9H20BN. The second kappa shape index (κ2) is 7.84. The first-order valence-electron chi connectivity index (χ1n) is 4.72. The van der Waals surface area contributed by atoms with Crippen molar-refractivity contribution < 1.29 is 0 Å². The molecule has 0 rings (SSSR count). The molecule has 0 aliphatic heterocycles. The molecule has 1 nitrogen and oxygen atoms in total. The zero-order valence-corrected chi connectivity index (χ0v) is 7.95. The van der Waals surface area contributed by atoms with E-state index in [1.54, 1.807) is 0 Å². The molecule has 0 aliphatic rings. The fourth-order valence-corrected chi connectivity index (χ4v) is 0.920. The summed E-state index contributed by atoms with van der Waals surface area (Å²) in [5.74, 6) is 0. The van der Waals surface area contributed by atoms with Crippen molar-refractivity contribution in [1.29, 1.82) is 0 Å². The van der Waals surface area contributed by atoms with Crippen LogP contribution in [-0.2, 0) is 0 Å². The zero-order valence-electron chi connectivity index (χ0n) is 7.95. The van der Waals surface area contributed by atoms with E-state index in [4.69, 9.17) is 0 Å². The molecule has 0 aromatic rings. The van der Waals surface area contributed by atoms with Crippen LogP contribution in [0.25, 0.3) is 0 Å². The summed E-state index contributed by atoms with van der Waals surface area (Å²) in [6, 6.07) is 0. The molecular weight excluding hydrogens is 133 g/mol. The molecule has 0 heterocycles. The number of hydrogen-bond acceptors (Lipinski definition) is 1. The monoisotopic (exact) mass is 153 g/mol. The van der Waals surface area contributed by atoms with Gasteiger partial charge in [0.05, 0.1) is 0 Å². The molecule has 0 saturated carbocycles. The van der Waals surface area contributed by atoms with Crippen LogP contribution < -0.4 is 5.32 Å². The molecule has 1 N–H and O–H groups in total. The average molecular weight is 153 g/mol. The molecule has 0 aliphatic carbocycles. The molecule has 0 radical (unpaired) electrons. The fourth-order valence-electron chi connectivity index (χ4n) is 0.920. The van der Waals surface area contributed by atoms with Gasteiger partial charge in [-0.1, -0.05) is 0 Å². The van der Waals surface area contributed by atoms with Gasteiger partial charge in [-0.3, -0.25) is 0 Å². The second-order valence-electron chi connectivity index (χ2n) is 2.99. The maximum atomic E-state index is 3.95. The third-order valence-corrected chi connectivity index (χ3v) is 1.74. The number of nitrogens with one attached hydrogen (secondary N) is 1. The van der Waals surface area contributed by atoms with E-state index in [0.29, 0.717) is 0 Å². The van der Waals surface area contributed by atoms with Crippen LogP contribution in [0, 0.1) is 0 Å². The van der Waals surface area contributed by atoms with Crippen molar-refractivity contribution in [2.24, 2.45) is 0 Å². The molecule has 0 fully saturated rings. The van der Waals surface area contributed by atoms with Crippen LogP contribution in [-0.4, -0.2) is 19.6 Å². The molecule has 0 bridgehead atoms. The molecule has 0 spiro atoms. The van der Waals surface area contributed by atoms with Gasteiger partial charge in [-0.05, 0) is 0 Å². The third-order valence-electron chi connectivity index (χ3n) is 1.74. The van der Waals surface area contributed by atoms with E-state index < -0.39 is 0 Å². The average Bonchev–Trinajstić information content (AvgIpc) is 2.01. The second-order valence-corrected chi connectivity index (χ2v) is 2.99. The van der Waals surface area contributed by atoms with E-state index >= 15 is 0 Å². The first-order chi connectivity index (χ1) is 5.31. The van der Waals surface area contributed by atoms with Crippen LogP contribution in [0.15, 0.2) is 0 Å². The van der Waals surface area contributed by atoms with E-state index in [-0.39, 0.29) is 0 Å². The van der Waals surface area contributed by atoms with E-state index in [2.05, 4.69) is 26.7 Å². The number of hydrogen-bond donors (Lipinski definition) is 1. The van der Waals surface area contributed by atoms with Gasteiger partial charge >= 0.3 is 70.9 Å². The van der Waals surface area contributed by atoms with Crippen molar-refractivity contribution in [2.75, 3.05) is 6.54 Å². The van der Waals surface area contributed by atoms with Gasteiger partial charge in [-0.2, -0.15) is 0 Å². The van der Waals surface area contributed by atoms with Gasteiger partial charge in [0.15, 0.2) is 0 Å². The summed E-state index contributed by atoms with van der Waals surface area (Å²) in [5, 5.41) is 3.32. The summed E-state index contributed by atoms with van der Waals surface area (Å²) in [7, 11) is 3.95. The Morgan fingerprint density at radius 2 is 1.82 bits per heavy atom. The summed E-state index contributed by atoms with van der Waals surface area (Å²) in [4.78, 5) is 0. The molecule has 0 aromatic heterocycles. The van der Waals surface area contributed by atoms with Gasteiger partial charge in [-0.25, -0.2) is 0 Å². The van der Waals surface area contributed by atoms with Crippen molar-refractivity contribution in [3.8, 4) is 0 Å². The Morgan fingerprint density at radius 1 is 1.18 bits per heavy atom. The van der Waals surface area contributed by atoms with Gasteiger partial charge in [0.25, 0.3) is 0 Å². The summed E-state index contributed by atoms with van der Waals surface area (Å²) in [6.07, 6.45) is 6.17. The minimum atomic E-state index is 1.10. The van der Waals surface area contributed by atoms with Gasteiger partial charge in [0.2, 0.25) is 0 Å². The van der Waals surface area contributed by atoms with Crippen LogP contribution in [0.3, 0.4) is 0 Å². The summed E-state index contributed by atoms with van der Waals surface area (Å²) in [6.45, 7) is 5.51. The Morgan fingerprint density at radius 3 is 2.36 bits per heavy atom. The normalized spacial score (nSPS) is 9.55. The molecule has 2 heteroatoms. The Hall–Kier alpha value is -0.265. The minimum absolute atomic E-state index is 1.10. The Labute approximate surface area is 71.6 Å². The SMILES string of the molecule is B=C(CCCC)NCCCC. The van der Waals surface area contributed by atoms with Crippen LogP contribution in [0.2, 0.25) is 0 Å². The number of unbranched alkanes of at least 4 members (excludes halogenated alkanes) is 2. The molecule has 11 heavy (non-hydrogen) atoms. The molecule has 0 saturated heterocycles. The van der Waals surface area contributed by atoms with Gasteiger partial charge in [0.1, 0.15) is 0 Å². The van der Waals surface area contributed by atoms with Crippen LogP contribution in [0.5, 0.6) is 0 Å². The molecule has 0 amide bonds. The van der Waals surface area contributed by atoms with Crippen molar-refractivity contribution in [1.82, 2.24) is 5.32 Å². The Kier molecular flexibility index (Phi) is 7.65. The summed E-state index contributed by atoms with van der Waals surface area (Å²) >= 11 is 0. The topological polar surface area (TPSA) is 12.0 Å². The molecule has 0 unspecified atom stereocenters. The van der Waals surface area contributed by atoms with Gasteiger partial charge < -0.3 is 0 Å². The van der Waals surface area contributed by atoms with E-state index in [0.717, 1.165) is 13.0 Å². The van der Waals surface area contributed by atoms with Crippen LogP contribution >= 0.6 is 0 Å². The van der Waals surface area contributed by atoms with Gasteiger partial charge in [-0.15, -0.1) is 0 Å². The molecule has 0 atom stereocenters. The first kappa shape index (κ1) is 10.7. The van der Waals surface area contributed by atoms with E-state index in [9.17, 15) is 0 Å². The Bertz CT molecular complexity index is 102. The zero-order chi connectivity index (χ0) is 8.53. The van der Waals surface area contributed by atoms with Crippen LogP contribution in [0.1, 0.15) is 46.0 Å². The van der Waals surface area contributed by atoms with Crippen molar-refractivity contribution in [3.63, 3.8) is 0 Å². The van der Waals surface area contributed by atoms with E-state index in [1.807, 2.05) is 0 Å². The van der Waals surface area contributed by atoms with Crippen molar-refractivity contribution in [3.05, 3.63) is 0 Å². The van der Waals surface area contributed by atoms with Crippen LogP contribution in [0.4, 0.5) is 0 Å². The Balaban J connectivity index is 3.09. The first-order valence-corrected chi connectivity index (χ1v) is 4.72. The predicted octanol–water partition coefficient (Wildman–Crippen LogP) is 1.60. The molecule has 64 valence electrons. The third kappa shape index (κ3) is 7.63. The van der Waals surface area contributed by atoms with Crippen molar-refractivity contribution >= 4 is 13.1 Å². The number of rotatable bonds is 7. The van der Waals surface area contributed by atoms with Gasteiger partial charge in [0, 0.05) is 0 Å².